The van der Waals surface area contributed by atoms with E-state index in [2.05, 4.69) is 5.32 Å². The van der Waals surface area contributed by atoms with Crippen LogP contribution >= 0.6 is 0 Å². The second-order valence-corrected chi connectivity index (χ2v) is 7.48. The molecule has 1 saturated heterocycles. The Morgan fingerprint density at radius 2 is 1.93 bits per heavy atom. The molecule has 1 aliphatic heterocycles. The Morgan fingerprint density at radius 3 is 2.62 bits per heavy atom. The van der Waals surface area contributed by atoms with Crippen molar-refractivity contribution < 1.29 is 24.0 Å². The molecule has 6 nitrogen and oxygen atoms in total. The van der Waals surface area contributed by atoms with Gasteiger partial charge in [0.05, 0.1) is 26.3 Å². The molecule has 2 N–H and O–H groups in total. The monoisotopic (exact) mass is 397 g/mol. The van der Waals surface area contributed by atoms with E-state index in [0.29, 0.717) is 11.3 Å². The average Bonchev–Trinajstić information content (AvgIpc) is 3.22. The van der Waals surface area contributed by atoms with Crippen molar-refractivity contribution in [1.82, 2.24) is 0 Å². The number of rotatable bonds is 7. The molecule has 1 aliphatic rings. The molecule has 0 spiro atoms. The third kappa shape index (κ3) is 4.59. The van der Waals surface area contributed by atoms with E-state index in [1.165, 1.54) is 11.8 Å². The average molecular weight is 397 g/mol. The van der Waals surface area contributed by atoms with E-state index in [-0.39, 0.29) is 23.8 Å². The first-order chi connectivity index (χ1) is 13.9. The van der Waals surface area contributed by atoms with Crippen molar-refractivity contribution in [2.45, 2.75) is 38.8 Å². The van der Waals surface area contributed by atoms with Crippen molar-refractivity contribution in [3.05, 3.63) is 53.6 Å². The summed E-state index contributed by atoms with van der Waals surface area (Å²) in [5.74, 6) is 1.51. The Morgan fingerprint density at radius 1 is 1.14 bits per heavy atom. The van der Waals surface area contributed by atoms with Crippen LogP contribution in [0, 0.1) is 0 Å². The number of carbonyl (C=O) groups excluding carboxylic acids is 2. The fourth-order valence-electron chi connectivity index (χ4n) is 4.09. The molecule has 29 heavy (non-hydrogen) atoms. The van der Waals surface area contributed by atoms with Crippen LogP contribution in [0.5, 0.6) is 11.5 Å². The van der Waals surface area contributed by atoms with Gasteiger partial charge < -0.3 is 19.7 Å². The van der Waals surface area contributed by atoms with Crippen LogP contribution in [0.25, 0.3) is 0 Å². The molecule has 3 rings (SSSR count). The molecule has 1 unspecified atom stereocenters. The number of Topliss-reactive ketones (excluding diaryl/α,β-unsaturated/α-hetero) is 1. The van der Waals surface area contributed by atoms with Gasteiger partial charge in [0, 0.05) is 24.1 Å². The van der Waals surface area contributed by atoms with E-state index in [9.17, 15) is 9.59 Å². The highest BCUT2D eigenvalue weighted by Crippen LogP contribution is 2.32. The fraction of sp³-hybridized carbons (Fsp3) is 0.391. The zero-order valence-corrected chi connectivity index (χ0v) is 17.5. The number of hydrogen-bond acceptors (Lipinski definition) is 4. The number of quaternary nitrogens is 1. The number of anilines is 1. The van der Waals surface area contributed by atoms with E-state index >= 15 is 0 Å². The molecule has 0 bridgehead atoms. The van der Waals surface area contributed by atoms with Crippen LogP contribution in [0.15, 0.2) is 42.5 Å². The number of carbonyl (C=O) groups is 2. The molecule has 2 aromatic carbocycles. The number of benzene rings is 2. The van der Waals surface area contributed by atoms with Gasteiger partial charge in [-0.2, -0.15) is 0 Å². The fourth-order valence-corrected chi connectivity index (χ4v) is 4.09. The largest absolute Gasteiger partial charge is 0.497 e. The van der Waals surface area contributed by atoms with E-state index < -0.39 is 0 Å². The van der Waals surface area contributed by atoms with Crippen molar-refractivity contribution in [3.63, 3.8) is 0 Å². The molecule has 2 aromatic rings. The minimum atomic E-state index is -0.251. The highest BCUT2D eigenvalue weighted by molar-refractivity contribution is 5.98. The summed E-state index contributed by atoms with van der Waals surface area (Å²) in [6.07, 6.45) is 2.02. The minimum Gasteiger partial charge on any atom is -0.497 e. The molecule has 154 valence electrons. The minimum absolute atomic E-state index is 0.0236. The lowest BCUT2D eigenvalue weighted by Crippen LogP contribution is -3.15. The molecule has 6 heteroatoms. The maximum atomic E-state index is 13.0. The molecule has 3 atom stereocenters. The standard InChI is InChI=1S/C23H28N2O4/c1-15(23(27)24-18-8-5-7-17(13-18)16(2)26)25-12-6-9-21(25)20-14-19(28-3)10-11-22(20)29-4/h5,7-8,10-11,13-15,21H,6,9,12H2,1-4H3,(H,24,27)/p+1/t15-,21+/m0/s1. The van der Waals surface area contributed by atoms with Gasteiger partial charge in [-0.1, -0.05) is 12.1 Å². The zero-order valence-electron chi connectivity index (χ0n) is 17.5. The molecule has 0 aromatic heterocycles. The molecule has 1 amide bonds. The van der Waals surface area contributed by atoms with Crippen molar-refractivity contribution in [1.29, 1.82) is 0 Å². The first-order valence-corrected chi connectivity index (χ1v) is 9.94. The summed E-state index contributed by atoms with van der Waals surface area (Å²) in [5.41, 5.74) is 2.30. The van der Waals surface area contributed by atoms with Crippen LogP contribution in [0.2, 0.25) is 0 Å². The number of likely N-dealkylation sites (tertiary alicyclic amines) is 1. The van der Waals surface area contributed by atoms with Crippen LogP contribution in [0.1, 0.15) is 48.7 Å². The van der Waals surface area contributed by atoms with Crippen LogP contribution in [0.4, 0.5) is 5.69 Å². The second-order valence-electron chi connectivity index (χ2n) is 7.48. The summed E-state index contributed by atoms with van der Waals surface area (Å²) in [7, 11) is 3.31. The predicted molar refractivity (Wildman–Crippen MR) is 112 cm³/mol. The van der Waals surface area contributed by atoms with E-state index in [1.54, 1.807) is 38.5 Å². The lowest BCUT2D eigenvalue weighted by molar-refractivity contribution is -0.932. The number of hydrogen-bond donors (Lipinski definition) is 2. The lowest BCUT2D eigenvalue weighted by Gasteiger charge is -2.28. The number of ketones is 1. The Labute approximate surface area is 171 Å². The summed E-state index contributed by atoms with van der Waals surface area (Å²) in [6.45, 7) is 4.38. The summed E-state index contributed by atoms with van der Waals surface area (Å²) in [4.78, 5) is 25.8. The van der Waals surface area contributed by atoms with Crippen molar-refractivity contribution >= 4 is 17.4 Å². The first kappa shape index (κ1) is 20.9. The lowest BCUT2D eigenvalue weighted by atomic mass is 10.0. The van der Waals surface area contributed by atoms with Crippen LogP contribution in [-0.2, 0) is 4.79 Å². The molecule has 1 heterocycles. The SMILES string of the molecule is COc1ccc(OC)c([C@H]2CCC[NH+]2[C@@H](C)C(=O)Nc2cccc(C(C)=O)c2)c1. The number of amides is 1. The van der Waals surface area contributed by atoms with Crippen molar-refractivity contribution in [2.24, 2.45) is 0 Å². The van der Waals surface area contributed by atoms with Gasteiger partial charge in [0.15, 0.2) is 11.8 Å². The summed E-state index contributed by atoms with van der Waals surface area (Å²) in [5, 5.41) is 2.97. The molecule has 0 aliphatic carbocycles. The van der Waals surface area contributed by atoms with Gasteiger partial charge in [-0.05, 0) is 44.2 Å². The Bertz CT molecular complexity index is 896. The van der Waals surface area contributed by atoms with Crippen LogP contribution in [-0.4, -0.2) is 38.5 Å². The maximum absolute atomic E-state index is 13.0. The van der Waals surface area contributed by atoms with Crippen molar-refractivity contribution in [3.8, 4) is 11.5 Å². The molecule has 1 fully saturated rings. The van der Waals surface area contributed by atoms with E-state index in [0.717, 1.165) is 36.4 Å². The van der Waals surface area contributed by atoms with Gasteiger partial charge in [0.25, 0.3) is 5.91 Å². The zero-order chi connectivity index (χ0) is 21.0. The van der Waals surface area contributed by atoms with E-state index in [4.69, 9.17) is 9.47 Å². The van der Waals surface area contributed by atoms with Gasteiger partial charge >= 0.3 is 0 Å². The Kier molecular flexibility index (Phi) is 6.54. The third-order valence-corrected chi connectivity index (χ3v) is 5.70. The summed E-state index contributed by atoms with van der Waals surface area (Å²) >= 11 is 0. The van der Waals surface area contributed by atoms with Crippen LogP contribution < -0.4 is 19.7 Å². The van der Waals surface area contributed by atoms with Gasteiger partial charge in [-0.3, -0.25) is 9.59 Å². The van der Waals surface area contributed by atoms with Crippen molar-refractivity contribution in [2.75, 3.05) is 26.1 Å². The summed E-state index contributed by atoms with van der Waals surface area (Å²) in [6, 6.07) is 12.8. The first-order valence-electron chi connectivity index (χ1n) is 9.94. The van der Waals surface area contributed by atoms with Gasteiger partial charge in [-0.15, -0.1) is 0 Å². The number of nitrogens with one attached hydrogen (secondary N) is 2. The quantitative estimate of drug-likeness (QED) is 0.705. The van der Waals surface area contributed by atoms with E-state index in [1.807, 2.05) is 25.1 Å². The number of ether oxygens (including phenoxy) is 2. The third-order valence-electron chi connectivity index (χ3n) is 5.70. The van der Waals surface area contributed by atoms with Gasteiger partial charge in [-0.25, -0.2) is 0 Å². The Balaban J connectivity index is 1.79. The maximum Gasteiger partial charge on any atom is 0.282 e. The van der Waals surface area contributed by atoms with Crippen LogP contribution in [0.3, 0.4) is 0 Å². The van der Waals surface area contributed by atoms with Gasteiger partial charge in [0.2, 0.25) is 0 Å². The number of methoxy groups -OCH3 is 2. The highest BCUT2D eigenvalue weighted by atomic mass is 16.5. The van der Waals surface area contributed by atoms with Gasteiger partial charge in [0.1, 0.15) is 17.5 Å². The molecular weight excluding hydrogens is 368 g/mol. The Hall–Kier alpha value is -2.86. The smallest absolute Gasteiger partial charge is 0.282 e. The predicted octanol–water partition coefficient (Wildman–Crippen LogP) is 2.65. The molecule has 0 saturated carbocycles. The topological polar surface area (TPSA) is 69.1 Å². The normalized spacial score (nSPS) is 19.4. The summed E-state index contributed by atoms with van der Waals surface area (Å²) < 4.78 is 11.0. The molecular formula is C23H29N2O4+. The highest BCUT2D eigenvalue weighted by Gasteiger charge is 2.38. The second kappa shape index (κ2) is 9.09. The molecule has 0 radical (unpaired) electrons.